The van der Waals surface area contributed by atoms with Crippen LogP contribution in [-0.4, -0.2) is 18.2 Å². The molecule has 1 heterocycles. The molecule has 0 unspecified atom stereocenters. The molecular formula is C27H40FNO2. The molecule has 2 rings (SSSR count). The van der Waals surface area contributed by atoms with Crippen molar-refractivity contribution in [3.63, 3.8) is 0 Å². The molecule has 31 heavy (non-hydrogen) atoms. The highest BCUT2D eigenvalue weighted by molar-refractivity contribution is 5.63. The van der Waals surface area contributed by atoms with E-state index in [1.165, 1.54) is 63.9 Å². The Hall–Kier alpha value is -2.10. The smallest absolute Gasteiger partial charge is 0.213 e. The highest BCUT2D eigenvalue weighted by Crippen LogP contribution is 2.26. The van der Waals surface area contributed by atoms with Crippen LogP contribution in [0.1, 0.15) is 90.9 Å². The number of ether oxygens (including phenoxy) is 2. The van der Waals surface area contributed by atoms with Gasteiger partial charge in [0.2, 0.25) is 5.88 Å². The van der Waals surface area contributed by atoms with Crippen LogP contribution < -0.4 is 9.47 Å². The summed E-state index contributed by atoms with van der Waals surface area (Å²) in [6, 6.07) is 8.89. The molecule has 0 N–H and O–H groups in total. The topological polar surface area (TPSA) is 31.4 Å². The lowest BCUT2D eigenvalue weighted by atomic mass is 10.1. The fourth-order valence-electron chi connectivity index (χ4n) is 3.56. The average Bonchev–Trinajstić information content (AvgIpc) is 2.79. The molecule has 1 aromatic heterocycles. The molecule has 0 saturated carbocycles. The Bertz CT molecular complexity index is 718. The highest BCUT2D eigenvalue weighted by Gasteiger charge is 2.07. The Labute approximate surface area is 188 Å². The minimum absolute atomic E-state index is 0.323. The monoisotopic (exact) mass is 429 g/mol. The third kappa shape index (κ3) is 10.2. The third-order valence-electron chi connectivity index (χ3n) is 5.50. The zero-order valence-electron chi connectivity index (χ0n) is 19.5. The maximum atomic E-state index is 14.4. The molecule has 0 amide bonds. The second-order valence-electron chi connectivity index (χ2n) is 8.26. The molecule has 2 aromatic rings. The standard InChI is InChI=1S/C27H40FNO2/c1-3-5-7-9-11-13-19-30-26-17-15-23(21-25(26)28)24-16-18-27(29-22-24)31-20-14-12-10-8-6-4-2/h15-18,21-22H,3-14,19-20H2,1-2H3. The average molecular weight is 430 g/mol. The number of hydrogen-bond acceptors (Lipinski definition) is 3. The van der Waals surface area contributed by atoms with Crippen LogP contribution in [0.25, 0.3) is 11.1 Å². The molecule has 0 spiro atoms. The normalized spacial score (nSPS) is 10.9. The Morgan fingerprint density at radius 1 is 0.677 bits per heavy atom. The summed E-state index contributed by atoms with van der Waals surface area (Å²) in [5.74, 6) is 0.618. The molecule has 0 atom stereocenters. The molecule has 0 fully saturated rings. The summed E-state index contributed by atoms with van der Waals surface area (Å²) < 4.78 is 25.8. The van der Waals surface area contributed by atoms with Crippen LogP contribution in [0.2, 0.25) is 0 Å². The van der Waals surface area contributed by atoms with E-state index in [2.05, 4.69) is 18.8 Å². The van der Waals surface area contributed by atoms with E-state index < -0.39 is 0 Å². The van der Waals surface area contributed by atoms with Crippen molar-refractivity contribution in [3.05, 3.63) is 42.3 Å². The molecular weight excluding hydrogens is 389 g/mol. The largest absolute Gasteiger partial charge is 0.491 e. The van der Waals surface area contributed by atoms with Crippen LogP contribution in [-0.2, 0) is 0 Å². The number of hydrogen-bond donors (Lipinski definition) is 0. The minimum atomic E-state index is -0.327. The van der Waals surface area contributed by atoms with Crippen molar-refractivity contribution in [2.24, 2.45) is 0 Å². The Morgan fingerprint density at radius 3 is 1.84 bits per heavy atom. The van der Waals surface area contributed by atoms with Crippen LogP contribution in [0.5, 0.6) is 11.6 Å². The maximum absolute atomic E-state index is 14.4. The van der Waals surface area contributed by atoms with Crippen molar-refractivity contribution in [1.82, 2.24) is 4.98 Å². The van der Waals surface area contributed by atoms with Gasteiger partial charge in [-0.2, -0.15) is 0 Å². The SMILES string of the molecule is CCCCCCCCOc1ccc(-c2ccc(OCCCCCCCC)c(F)c2)cn1. The van der Waals surface area contributed by atoms with Crippen molar-refractivity contribution in [3.8, 4) is 22.8 Å². The van der Waals surface area contributed by atoms with Gasteiger partial charge in [-0.05, 0) is 36.6 Å². The molecule has 0 aliphatic rings. The maximum Gasteiger partial charge on any atom is 0.213 e. The molecule has 0 aliphatic carbocycles. The lowest BCUT2D eigenvalue weighted by molar-refractivity contribution is 0.290. The van der Waals surface area contributed by atoms with Crippen LogP contribution in [0.4, 0.5) is 4.39 Å². The highest BCUT2D eigenvalue weighted by atomic mass is 19.1. The molecule has 172 valence electrons. The fraction of sp³-hybridized carbons (Fsp3) is 0.593. The van der Waals surface area contributed by atoms with E-state index >= 15 is 0 Å². The van der Waals surface area contributed by atoms with E-state index in [9.17, 15) is 4.39 Å². The second-order valence-corrected chi connectivity index (χ2v) is 8.26. The van der Waals surface area contributed by atoms with Gasteiger partial charge >= 0.3 is 0 Å². The van der Waals surface area contributed by atoms with Crippen LogP contribution >= 0.6 is 0 Å². The number of halogens is 1. The van der Waals surface area contributed by atoms with Gasteiger partial charge in [-0.3, -0.25) is 0 Å². The van der Waals surface area contributed by atoms with Gasteiger partial charge in [0, 0.05) is 17.8 Å². The van der Waals surface area contributed by atoms with Gasteiger partial charge in [0.1, 0.15) is 0 Å². The first kappa shape index (κ1) is 25.2. The number of aromatic nitrogens is 1. The van der Waals surface area contributed by atoms with Crippen LogP contribution in [0, 0.1) is 5.82 Å². The summed E-state index contributed by atoms with van der Waals surface area (Å²) in [4.78, 5) is 4.37. The van der Waals surface area contributed by atoms with Gasteiger partial charge in [0.25, 0.3) is 0 Å². The van der Waals surface area contributed by atoms with Gasteiger partial charge in [-0.25, -0.2) is 9.37 Å². The van der Waals surface area contributed by atoms with E-state index in [-0.39, 0.29) is 5.82 Å². The Balaban J connectivity index is 1.73. The predicted octanol–water partition coefficient (Wildman–Crippen LogP) is 8.37. The van der Waals surface area contributed by atoms with E-state index in [4.69, 9.17) is 9.47 Å². The van der Waals surface area contributed by atoms with E-state index in [0.29, 0.717) is 24.8 Å². The lowest BCUT2D eigenvalue weighted by Crippen LogP contribution is -2.00. The summed E-state index contributed by atoms with van der Waals surface area (Å²) >= 11 is 0. The Morgan fingerprint density at radius 2 is 1.26 bits per heavy atom. The first-order chi connectivity index (χ1) is 15.2. The van der Waals surface area contributed by atoms with Crippen molar-refractivity contribution < 1.29 is 13.9 Å². The summed E-state index contributed by atoms with van der Waals surface area (Å²) in [5.41, 5.74) is 1.66. The van der Waals surface area contributed by atoms with Gasteiger partial charge in [0.15, 0.2) is 11.6 Å². The summed E-state index contributed by atoms with van der Waals surface area (Å²) in [6.45, 7) is 5.70. The van der Waals surface area contributed by atoms with Gasteiger partial charge < -0.3 is 9.47 Å². The fourth-order valence-corrected chi connectivity index (χ4v) is 3.56. The zero-order chi connectivity index (χ0) is 22.2. The first-order valence-corrected chi connectivity index (χ1v) is 12.3. The third-order valence-corrected chi connectivity index (χ3v) is 5.50. The molecule has 3 nitrogen and oxygen atoms in total. The first-order valence-electron chi connectivity index (χ1n) is 12.3. The molecule has 0 aliphatic heterocycles. The Kier molecular flexibility index (Phi) is 12.7. The number of unbranched alkanes of at least 4 members (excludes halogenated alkanes) is 10. The minimum Gasteiger partial charge on any atom is -0.491 e. The van der Waals surface area contributed by atoms with Crippen molar-refractivity contribution in [2.75, 3.05) is 13.2 Å². The van der Waals surface area contributed by atoms with Crippen LogP contribution in [0.15, 0.2) is 36.5 Å². The zero-order valence-corrected chi connectivity index (χ0v) is 19.5. The second kappa shape index (κ2) is 15.7. The number of benzene rings is 1. The van der Waals surface area contributed by atoms with Crippen LogP contribution in [0.3, 0.4) is 0 Å². The number of pyridine rings is 1. The van der Waals surface area contributed by atoms with Gasteiger partial charge in [-0.15, -0.1) is 0 Å². The van der Waals surface area contributed by atoms with E-state index in [1.807, 2.05) is 18.2 Å². The van der Waals surface area contributed by atoms with Crippen molar-refractivity contribution in [1.29, 1.82) is 0 Å². The number of rotatable bonds is 17. The summed E-state index contributed by atoms with van der Waals surface area (Å²) in [6.07, 6.45) is 16.3. The molecule has 0 saturated heterocycles. The summed E-state index contributed by atoms with van der Waals surface area (Å²) in [5, 5.41) is 0. The molecule has 0 bridgehead atoms. The molecule has 1 aromatic carbocycles. The predicted molar refractivity (Wildman–Crippen MR) is 127 cm³/mol. The molecule has 0 radical (unpaired) electrons. The van der Waals surface area contributed by atoms with Gasteiger partial charge in [0.05, 0.1) is 13.2 Å². The molecule has 4 heteroatoms. The number of nitrogens with zero attached hydrogens (tertiary/aromatic N) is 1. The van der Waals surface area contributed by atoms with E-state index in [1.54, 1.807) is 12.3 Å². The quantitative estimate of drug-likeness (QED) is 0.237. The van der Waals surface area contributed by atoms with Crippen molar-refractivity contribution >= 4 is 0 Å². The van der Waals surface area contributed by atoms with Gasteiger partial charge in [-0.1, -0.05) is 84.1 Å². The summed E-state index contributed by atoms with van der Waals surface area (Å²) in [7, 11) is 0. The van der Waals surface area contributed by atoms with E-state index in [0.717, 1.165) is 30.4 Å². The van der Waals surface area contributed by atoms with Crippen molar-refractivity contribution in [2.45, 2.75) is 90.9 Å². The lowest BCUT2D eigenvalue weighted by Gasteiger charge is -2.10.